The zero-order valence-electron chi connectivity index (χ0n) is 3.12. The van der Waals surface area contributed by atoms with Crippen molar-refractivity contribution < 1.29 is 26.5 Å². The zero-order valence-corrected chi connectivity index (χ0v) is 4.68. The predicted octanol–water partition coefficient (Wildman–Crippen LogP) is 0.407. The van der Waals surface area contributed by atoms with Crippen molar-refractivity contribution in [3.63, 3.8) is 0 Å². The first-order valence-electron chi connectivity index (χ1n) is 1.06. The Labute approximate surface area is 46.6 Å². The van der Waals surface area contributed by atoms with E-state index in [4.69, 9.17) is 0 Å². The van der Waals surface area contributed by atoms with Crippen molar-refractivity contribution in [1.82, 2.24) is 0 Å². The van der Waals surface area contributed by atoms with Crippen LogP contribution in [0.15, 0.2) is 0 Å². The molecule has 0 aromatic carbocycles. The summed E-state index contributed by atoms with van der Waals surface area (Å²) in [5, 5.41) is 0. The molecule has 0 aliphatic heterocycles. The molecule has 5 heavy (non-hydrogen) atoms. The Morgan fingerprint density at radius 2 is 1.80 bits per heavy atom. The van der Waals surface area contributed by atoms with Gasteiger partial charge in [-0.15, -0.1) is 0 Å². The SMILES string of the molecule is [CH2-]C(C)=O.[Ti]. The van der Waals surface area contributed by atoms with E-state index in [1.807, 2.05) is 0 Å². The Morgan fingerprint density at radius 1 is 1.80 bits per heavy atom. The van der Waals surface area contributed by atoms with Gasteiger partial charge in [-0.3, -0.25) is 0 Å². The third-order valence-electron chi connectivity index (χ3n) is 0. The van der Waals surface area contributed by atoms with Crippen LogP contribution in [0.1, 0.15) is 6.92 Å². The van der Waals surface area contributed by atoms with Crippen LogP contribution in [-0.4, -0.2) is 5.78 Å². The van der Waals surface area contributed by atoms with Gasteiger partial charge < -0.3 is 11.7 Å². The molecule has 0 amide bonds. The van der Waals surface area contributed by atoms with Crippen molar-refractivity contribution >= 4 is 5.78 Å². The summed E-state index contributed by atoms with van der Waals surface area (Å²) in [5.41, 5.74) is 0. The molecule has 0 bridgehead atoms. The Kier molecular flexibility index (Phi) is 7.64. The minimum atomic E-state index is -0.0833. The van der Waals surface area contributed by atoms with Gasteiger partial charge >= 0.3 is 0 Å². The van der Waals surface area contributed by atoms with Gasteiger partial charge in [0.2, 0.25) is 0 Å². The second kappa shape index (κ2) is 4.25. The smallest absolute Gasteiger partial charge is 0 e. The maximum atomic E-state index is 9.33. The van der Waals surface area contributed by atoms with E-state index in [1.165, 1.54) is 6.92 Å². The van der Waals surface area contributed by atoms with Crippen molar-refractivity contribution in [2.45, 2.75) is 6.92 Å². The Bertz CT molecular complexity index is 29.9. The van der Waals surface area contributed by atoms with E-state index in [2.05, 4.69) is 6.92 Å². The van der Waals surface area contributed by atoms with E-state index in [0.717, 1.165) is 0 Å². The fourth-order valence-corrected chi connectivity index (χ4v) is 0. The Morgan fingerprint density at radius 3 is 1.80 bits per heavy atom. The van der Waals surface area contributed by atoms with Gasteiger partial charge in [-0.25, -0.2) is 0 Å². The fourth-order valence-electron chi connectivity index (χ4n) is 0. The van der Waals surface area contributed by atoms with Gasteiger partial charge in [0.05, 0.1) is 0 Å². The molecule has 0 aliphatic rings. The molecular weight excluding hydrogens is 99.9 g/mol. The monoisotopic (exact) mass is 105 g/mol. The van der Waals surface area contributed by atoms with Crippen LogP contribution in [0.2, 0.25) is 0 Å². The van der Waals surface area contributed by atoms with Gasteiger partial charge in [0.1, 0.15) is 0 Å². The summed E-state index contributed by atoms with van der Waals surface area (Å²) in [6, 6.07) is 0. The number of hydrogen-bond acceptors (Lipinski definition) is 1. The molecule has 0 saturated heterocycles. The predicted molar refractivity (Wildman–Crippen MR) is 16.0 cm³/mol. The number of carbonyl (C=O) groups is 1. The molecule has 0 rings (SSSR count). The summed E-state index contributed by atoms with van der Waals surface area (Å²) in [6.07, 6.45) is 0. The normalized spacial score (nSPS) is 5.00. The molecule has 1 nitrogen and oxygen atoms in total. The summed E-state index contributed by atoms with van der Waals surface area (Å²) in [6.45, 7) is 4.42. The van der Waals surface area contributed by atoms with Crippen LogP contribution >= 0.6 is 0 Å². The van der Waals surface area contributed by atoms with Crippen molar-refractivity contribution in [3.8, 4) is 0 Å². The molecule has 28 valence electrons. The Hall–Kier alpha value is 0.254. The molecule has 0 aromatic heterocycles. The average molecular weight is 105 g/mol. The molecule has 0 heterocycles. The molecular formula is C3H5OTi-. The third-order valence-corrected chi connectivity index (χ3v) is 0. The van der Waals surface area contributed by atoms with E-state index >= 15 is 0 Å². The molecule has 0 fully saturated rings. The molecule has 2 heteroatoms. The Balaban J connectivity index is 0. The second-order valence-corrected chi connectivity index (χ2v) is 0.702. The topological polar surface area (TPSA) is 17.1 Å². The first kappa shape index (κ1) is 8.98. The summed E-state index contributed by atoms with van der Waals surface area (Å²) < 4.78 is 0. The van der Waals surface area contributed by atoms with Crippen LogP contribution in [-0.2, 0) is 26.5 Å². The number of Topliss-reactive ketones (excluding diaryl/α,β-unsaturated/α-hetero) is 1. The van der Waals surface area contributed by atoms with Gasteiger partial charge in [0, 0.05) is 21.7 Å². The van der Waals surface area contributed by atoms with E-state index in [0.29, 0.717) is 0 Å². The van der Waals surface area contributed by atoms with Crippen molar-refractivity contribution in [2.24, 2.45) is 0 Å². The third kappa shape index (κ3) is 334. The van der Waals surface area contributed by atoms with E-state index < -0.39 is 0 Å². The first-order valence-corrected chi connectivity index (χ1v) is 1.06. The molecule has 0 saturated carbocycles. The fraction of sp³-hybridized carbons (Fsp3) is 0.333. The van der Waals surface area contributed by atoms with Crippen molar-refractivity contribution in [1.29, 1.82) is 0 Å². The van der Waals surface area contributed by atoms with Gasteiger partial charge in [-0.1, -0.05) is 0 Å². The minimum Gasteiger partial charge on any atom is -0.340 e. The van der Waals surface area contributed by atoms with Crippen LogP contribution in [0.3, 0.4) is 0 Å². The van der Waals surface area contributed by atoms with Crippen molar-refractivity contribution in [2.75, 3.05) is 0 Å². The van der Waals surface area contributed by atoms with E-state index in [1.54, 1.807) is 0 Å². The summed E-state index contributed by atoms with van der Waals surface area (Å²) in [7, 11) is 0. The molecule has 0 N–H and O–H groups in total. The minimum absolute atomic E-state index is 0. The molecule has 0 unspecified atom stereocenters. The van der Waals surface area contributed by atoms with Crippen LogP contribution < -0.4 is 0 Å². The largest absolute Gasteiger partial charge is 0.340 e. The number of hydrogen-bond donors (Lipinski definition) is 0. The second-order valence-electron chi connectivity index (χ2n) is 0.702. The molecule has 0 aromatic rings. The van der Waals surface area contributed by atoms with Gasteiger partial charge in [-0.2, -0.15) is 0 Å². The zero-order chi connectivity index (χ0) is 3.58. The van der Waals surface area contributed by atoms with Crippen LogP contribution in [0.5, 0.6) is 0 Å². The molecule has 0 radical (unpaired) electrons. The van der Waals surface area contributed by atoms with E-state index in [-0.39, 0.29) is 27.5 Å². The maximum absolute atomic E-state index is 9.33. The quantitative estimate of drug-likeness (QED) is 0.322. The van der Waals surface area contributed by atoms with E-state index in [9.17, 15) is 4.79 Å². The standard InChI is InChI=1S/C3H5O.Ti/c1-3(2)4;/h1H2,2H3;/q-1;. The molecule has 0 atom stereocenters. The van der Waals surface area contributed by atoms with Crippen LogP contribution in [0.4, 0.5) is 0 Å². The summed E-state index contributed by atoms with van der Waals surface area (Å²) >= 11 is 0. The van der Waals surface area contributed by atoms with Crippen LogP contribution in [0, 0.1) is 6.92 Å². The van der Waals surface area contributed by atoms with Gasteiger partial charge in [0.15, 0.2) is 0 Å². The van der Waals surface area contributed by atoms with Gasteiger partial charge in [0.25, 0.3) is 0 Å². The maximum Gasteiger partial charge on any atom is 0 e. The number of ketones is 1. The number of rotatable bonds is 0. The van der Waals surface area contributed by atoms with Gasteiger partial charge in [-0.05, 0) is 12.7 Å². The molecule has 0 aliphatic carbocycles. The van der Waals surface area contributed by atoms with Crippen LogP contribution in [0.25, 0.3) is 0 Å². The first-order chi connectivity index (χ1) is 1.73. The summed E-state index contributed by atoms with van der Waals surface area (Å²) in [5.74, 6) is -0.0833. The molecule has 0 spiro atoms. The number of carbonyl (C=O) groups excluding carboxylic acids is 1. The average Bonchev–Trinajstić information content (AvgIpc) is 0.811. The van der Waals surface area contributed by atoms with Crippen molar-refractivity contribution in [3.05, 3.63) is 6.92 Å². The summed E-state index contributed by atoms with van der Waals surface area (Å²) in [4.78, 5) is 9.33.